The quantitative estimate of drug-likeness (QED) is 0.817. The lowest BCUT2D eigenvalue weighted by molar-refractivity contribution is 0.350. The zero-order valence-electron chi connectivity index (χ0n) is 13.0. The summed E-state index contributed by atoms with van der Waals surface area (Å²) in [6, 6.07) is 5.01. The summed E-state index contributed by atoms with van der Waals surface area (Å²) >= 11 is 0. The van der Waals surface area contributed by atoms with Crippen LogP contribution in [0.3, 0.4) is 0 Å². The number of aliphatic hydroxyl groups excluding tert-OH is 1. The summed E-state index contributed by atoms with van der Waals surface area (Å²) in [5, 5.41) is 8.70. The second kappa shape index (κ2) is 7.60. The molecule has 0 bridgehead atoms. The van der Waals surface area contributed by atoms with Crippen molar-refractivity contribution in [3.8, 4) is 11.8 Å². The topological polar surface area (TPSA) is 66.4 Å². The molecule has 5 heteroatoms. The second-order valence-electron chi connectivity index (χ2n) is 5.51. The van der Waals surface area contributed by atoms with Crippen molar-refractivity contribution in [2.24, 2.45) is 11.8 Å². The van der Waals surface area contributed by atoms with Crippen molar-refractivity contribution >= 4 is 10.0 Å². The highest BCUT2D eigenvalue weighted by Crippen LogP contribution is 2.17. The Labute approximate surface area is 127 Å². The molecule has 0 aliphatic carbocycles. The number of aliphatic hydroxyl groups is 1. The summed E-state index contributed by atoms with van der Waals surface area (Å²) in [6.07, 6.45) is 0. The lowest BCUT2D eigenvalue weighted by Crippen LogP contribution is -2.30. The van der Waals surface area contributed by atoms with E-state index < -0.39 is 10.0 Å². The van der Waals surface area contributed by atoms with Crippen LogP contribution in [0, 0.1) is 30.6 Å². The number of sulfonamides is 1. The van der Waals surface area contributed by atoms with Crippen LogP contribution in [-0.4, -0.2) is 26.7 Å². The third-order valence-electron chi connectivity index (χ3n) is 3.52. The van der Waals surface area contributed by atoms with E-state index >= 15 is 0 Å². The number of hydrogen-bond donors (Lipinski definition) is 2. The maximum absolute atomic E-state index is 12.4. The van der Waals surface area contributed by atoms with Gasteiger partial charge in [-0.3, -0.25) is 0 Å². The molecule has 116 valence electrons. The average molecular weight is 309 g/mol. The summed E-state index contributed by atoms with van der Waals surface area (Å²) in [5.41, 5.74) is 1.25. The first kappa shape index (κ1) is 17.7. The first-order valence-corrected chi connectivity index (χ1v) is 8.46. The molecule has 0 aromatic heterocycles. The lowest BCUT2D eigenvalue weighted by atomic mass is 9.99. The van der Waals surface area contributed by atoms with Gasteiger partial charge in [-0.2, -0.15) is 0 Å². The minimum atomic E-state index is -3.55. The Balaban J connectivity index is 3.02. The lowest BCUT2D eigenvalue weighted by Gasteiger charge is -2.17. The van der Waals surface area contributed by atoms with Crippen LogP contribution in [0.15, 0.2) is 23.1 Å². The van der Waals surface area contributed by atoms with E-state index in [0.29, 0.717) is 23.6 Å². The first-order chi connectivity index (χ1) is 9.77. The third kappa shape index (κ3) is 5.16. The smallest absolute Gasteiger partial charge is 0.240 e. The van der Waals surface area contributed by atoms with E-state index in [4.69, 9.17) is 5.11 Å². The number of hydrogen-bond acceptors (Lipinski definition) is 3. The minimum Gasteiger partial charge on any atom is -0.384 e. The van der Waals surface area contributed by atoms with Gasteiger partial charge in [0.15, 0.2) is 0 Å². The molecule has 2 N–H and O–H groups in total. The van der Waals surface area contributed by atoms with Crippen LogP contribution < -0.4 is 4.72 Å². The van der Waals surface area contributed by atoms with Crippen LogP contribution in [0.2, 0.25) is 0 Å². The van der Waals surface area contributed by atoms with Gasteiger partial charge in [0, 0.05) is 12.1 Å². The van der Waals surface area contributed by atoms with Crippen molar-refractivity contribution in [2.75, 3.05) is 13.2 Å². The Morgan fingerprint density at radius 3 is 2.52 bits per heavy atom. The highest BCUT2D eigenvalue weighted by atomic mass is 32.2. The van der Waals surface area contributed by atoms with Crippen LogP contribution in [0.25, 0.3) is 0 Å². The van der Waals surface area contributed by atoms with E-state index in [2.05, 4.69) is 30.4 Å². The largest absolute Gasteiger partial charge is 0.384 e. The zero-order valence-corrected chi connectivity index (χ0v) is 13.8. The van der Waals surface area contributed by atoms with E-state index in [1.165, 1.54) is 0 Å². The summed E-state index contributed by atoms with van der Waals surface area (Å²) in [6.45, 7) is 8.06. The van der Waals surface area contributed by atoms with E-state index in [-0.39, 0.29) is 17.4 Å². The molecule has 0 heterocycles. The Morgan fingerprint density at radius 2 is 1.95 bits per heavy atom. The standard InChI is InChI=1S/C16H23NO3S/c1-12(2)14(4)11-17-21(19,20)16-10-15(6-5-9-18)8-7-13(16)3/h7-8,10,12,14,17-18H,9,11H2,1-4H3. The van der Waals surface area contributed by atoms with E-state index in [0.717, 1.165) is 0 Å². The molecular formula is C16H23NO3S. The van der Waals surface area contributed by atoms with Crippen molar-refractivity contribution in [1.29, 1.82) is 0 Å². The molecule has 0 aliphatic heterocycles. The third-order valence-corrected chi connectivity index (χ3v) is 5.09. The molecule has 0 amide bonds. The van der Waals surface area contributed by atoms with Crippen molar-refractivity contribution < 1.29 is 13.5 Å². The number of benzene rings is 1. The summed E-state index contributed by atoms with van der Waals surface area (Å²) in [5.74, 6) is 5.92. The van der Waals surface area contributed by atoms with Gasteiger partial charge >= 0.3 is 0 Å². The summed E-state index contributed by atoms with van der Waals surface area (Å²) < 4.78 is 27.4. The normalized spacial score (nSPS) is 12.9. The minimum absolute atomic E-state index is 0.239. The SMILES string of the molecule is Cc1ccc(C#CCO)cc1S(=O)(=O)NCC(C)C(C)C. The number of nitrogens with one attached hydrogen (secondary N) is 1. The molecule has 1 atom stereocenters. The fourth-order valence-corrected chi connectivity index (χ4v) is 3.08. The Morgan fingerprint density at radius 1 is 1.29 bits per heavy atom. The monoisotopic (exact) mass is 309 g/mol. The summed E-state index contributed by atoms with van der Waals surface area (Å²) in [7, 11) is -3.55. The van der Waals surface area contributed by atoms with Crippen LogP contribution in [0.5, 0.6) is 0 Å². The van der Waals surface area contributed by atoms with Gasteiger partial charge in [0.1, 0.15) is 6.61 Å². The Kier molecular flexibility index (Phi) is 6.41. The zero-order chi connectivity index (χ0) is 16.0. The molecule has 4 nitrogen and oxygen atoms in total. The van der Waals surface area contributed by atoms with Gasteiger partial charge in [0.05, 0.1) is 4.90 Å². The molecule has 0 fully saturated rings. The number of aryl methyl sites for hydroxylation is 1. The molecule has 1 unspecified atom stereocenters. The highest BCUT2D eigenvalue weighted by molar-refractivity contribution is 7.89. The fraction of sp³-hybridized carbons (Fsp3) is 0.500. The molecule has 21 heavy (non-hydrogen) atoms. The maximum Gasteiger partial charge on any atom is 0.240 e. The van der Waals surface area contributed by atoms with Crippen LogP contribution in [0.4, 0.5) is 0 Å². The first-order valence-electron chi connectivity index (χ1n) is 6.98. The van der Waals surface area contributed by atoms with Crippen molar-refractivity contribution in [1.82, 2.24) is 4.72 Å². The molecule has 0 saturated heterocycles. The predicted octanol–water partition coefficient (Wildman–Crippen LogP) is 1.91. The van der Waals surface area contributed by atoms with Crippen molar-refractivity contribution in [2.45, 2.75) is 32.6 Å². The number of rotatable bonds is 5. The Hall–Kier alpha value is -1.35. The highest BCUT2D eigenvalue weighted by Gasteiger charge is 2.18. The Bertz CT molecular complexity index is 639. The van der Waals surface area contributed by atoms with Gasteiger partial charge in [-0.05, 0) is 36.5 Å². The van der Waals surface area contributed by atoms with Crippen molar-refractivity contribution in [3.63, 3.8) is 0 Å². The molecular weight excluding hydrogens is 286 g/mol. The molecule has 0 spiro atoms. The van der Waals surface area contributed by atoms with Gasteiger partial charge in [-0.15, -0.1) is 0 Å². The van der Waals surface area contributed by atoms with Gasteiger partial charge < -0.3 is 5.11 Å². The second-order valence-corrected chi connectivity index (χ2v) is 7.25. The predicted molar refractivity (Wildman–Crippen MR) is 84.3 cm³/mol. The van der Waals surface area contributed by atoms with Crippen LogP contribution in [0.1, 0.15) is 31.9 Å². The fourth-order valence-electron chi connectivity index (χ4n) is 1.66. The van der Waals surface area contributed by atoms with Crippen LogP contribution >= 0.6 is 0 Å². The molecule has 1 aromatic rings. The maximum atomic E-state index is 12.4. The average Bonchev–Trinajstić information content (AvgIpc) is 2.43. The van der Waals surface area contributed by atoms with Gasteiger partial charge in [0.25, 0.3) is 0 Å². The van der Waals surface area contributed by atoms with E-state index in [1.807, 2.05) is 6.92 Å². The van der Waals surface area contributed by atoms with Gasteiger partial charge in [0.2, 0.25) is 10.0 Å². The van der Waals surface area contributed by atoms with E-state index in [9.17, 15) is 8.42 Å². The molecule has 0 radical (unpaired) electrons. The molecule has 1 rings (SSSR count). The van der Waals surface area contributed by atoms with Gasteiger partial charge in [-0.25, -0.2) is 13.1 Å². The van der Waals surface area contributed by atoms with Crippen LogP contribution in [-0.2, 0) is 10.0 Å². The molecule has 0 aliphatic rings. The molecule has 1 aromatic carbocycles. The van der Waals surface area contributed by atoms with Crippen molar-refractivity contribution in [3.05, 3.63) is 29.3 Å². The molecule has 0 saturated carbocycles. The van der Waals surface area contributed by atoms with E-state index in [1.54, 1.807) is 25.1 Å². The van der Waals surface area contributed by atoms with Gasteiger partial charge in [-0.1, -0.05) is 38.7 Å². The summed E-state index contributed by atoms with van der Waals surface area (Å²) in [4.78, 5) is 0.239.